The third-order valence-corrected chi connectivity index (χ3v) is 14.4. The van der Waals surface area contributed by atoms with E-state index in [-0.39, 0.29) is 45.4 Å². The quantitative estimate of drug-likeness (QED) is 0.430. The number of Topliss-reactive ketones (excluding diaryl/α,β-unsaturated/α-hetero) is 1. The molecule has 6 aliphatic rings. The molecular formula is C35H56N2O3. The summed E-state index contributed by atoms with van der Waals surface area (Å²) in [4.78, 5) is 29.5. The van der Waals surface area contributed by atoms with Gasteiger partial charge in [0.1, 0.15) is 0 Å². The summed E-state index contributed by atoms with van der Waals surface area (Å²) in [5.74, 6) is 2.10. The van der Waals surface area contributed by atoms with Crippen molar-refractivity contribution in [3.63, 3.8) is 0 Å². The molecule has 1 heterocycles. The van der Waals surface area contributed by atoms with Crippen molar-refractivity contribution in [1.29, 1.82) is 0 Å². The van der Waals surface area contributed by atoms with Gasteiger partial charge in [0.05, 0.1) is 18.2 Å². The second-order valence-corrected chi connectivity index (χ2v) is 16.7. The van der Waals surface area contributed by atoms with Gasteiger partial charge in [0.15, 0.2) is 5.78 Å². The van der Waals surface area contributed by atoms with E-state index in [0.717, 1.165) is 50.8 Å². The predicted molar refractivity (Wildman–Crippen MR) is 160 cm³/mol. The molecule has 6 rings (SSSR count). The Kier molecular flexibility index (Phi) is 6.79. The predicted octanol–water partition coefficient (Wildman–Crippen LogP) is 6.29. The van der Waals surface area contributed by atoms with Crippen LogP contribution in [0.25, 0.3) is 0 Å². The van der Waals surface area contributed by atoms with Crippen LogP contribution in [0.3, 0.4) is 0 Å². The number of aliphatic hydroxyl groups is 1. The van der Waals surface area contributed by atoms with Crippen LogP contribution >= 0.6 is 0 Å². The molecule has 5 aliphatic carbocycles. The summed E-state index contributed by atoms with van der Waals surface area (Å²) in [7, 11) is 0. The molecule has 40 heavy (non-hydrogen) atoms. The molecule has 0 spiro atoms. The van der Waals surface area contributed by atoms with E-state index in [1.807, 2.05) is 0 Å². The zero-order valence-corrected chi connectivity index (χ0v) is 26.5. The normalized spacial score (nSPS) is 46.6. The number of nitrogens with one attached hydrogen (secondary N) is 1. The molecule has 0 aromatic heterocycles. The Labute approximate surface area is 243 Å². The minimum atomic E-state index is -0.487. The first-order chi connectivity index (χ1) is 18.7. The molecule has 0 bridgehead atoms. The first kappa shape index (κ1) is 28.9. The number of hydrogen-bond acceptors (Lipinski definition) is 4. The highest BCUT2D eigenvalue weighted by Gasteiger charge is 2.70. The van der Waals surface area contributed by atoms with E-state index in [1.165, 1.54) is 37.7 Å². The maximum absolute atomic E-state index is 13.8. The van der Waals surface area contributed by atoms with E-state index < -0.39 is 5.54 Å². The molecule has 0 aromatic rings. The molecule has 0 radical (unpaired) electrons. The maximum Gasteiger partial charge on any atom is 0.234 e. The highest BCUT2D eigenvalue weighted by Crippen LogP contribution is 2.75. The minimum Gasteiger partial charge on any atom is -0.393 e. The smallest absolute Gasteiger partial charge is 0.234 e. The van der Waals surface area contributed by atoms with Crippen LogP contribution in [0, 0.1) is 45.3 Å². The summed E-state index contributed by atoms with van der Waals surface area (Å²) in [6.45, 7) is 19.2. The molecule has 8 atom stereocenters. The van der Waals surface area contributed by atoms with Crippen LogP contribution in [-0.4, -0.2) is 53.0 Å². The molecule has 1 amide bonds. The van der Waals surface area contributed by atoms with Crippen LogP contribution in [-0.2, 0) is 9.59 Å². The van der Waals surface area contributed by atoms with E-state index in [1.54, 1.807) is 0 Å². The van der Waals surface area contributed by atoms with Crippen LogP contribution in [0.1, 0.15) is 119 Å². The fraction of sp³-hybridized carbons (Fsp3) is 0.886. The number of allylic oxidation sites excluding steroid dienone is 1. The molecular weight excluding hydrogens is 496 g/mol. The van der Waals surface area contributed by atoms with Crippen molar-refractivity contribution in [1.82, 2.24) is 10.2 Å². The molecule has 0 aromatic carbocycles. The molecule has 5 nitrogen and oxygen atoms in total. The lowest BCUT2D eigenvalue weighted by atomic mass is 9.33. The van der Waals surface area contributed by atoms with Gasteiger partial charge in [-0.1, -0.05) is 48.5 Å². The summed E-state index contributed by atoms with van der Waals surface area (Å²) in [6, 6.07) is 0. The number of nitrogens with zero attached hydrogens (tertiary/aromatic N) is 1. The molecule has 224 valence electrons. The van der Waals surface area contributed by atoms with Crippen LogP contribution < -0.4 is 5.32 Å². The van der Waals surface area contributed by atoms with E-state index >= 15 is 0 Å². The van der Waals surface area contributed by atoms with Gasteiger partial charge in [-0.2, -0.15) is 0 Å². The van der Waals surface area contributed by atoms with E-state index in [0.29, 0.717) is 30.7 Å². The number of fused-ring (bicyclic) bond motifs is 7. The molecule has 2 N–H and O–H groups in total. The topological polar surface area (TPSA) is 69.6 Å². The van der Waals surface area contributed by atoms with Gasteiger partial charge < -0.3 is 10.4 Å². The number of rotatable bonds is 4. The van der Waals surface area contributed by atoms with Crippen molar-refractivity contribution in [2.24, 2.45) is 45.3 Å². The molecule has 1 aliphatic heterocycles. The molecule has 5 heteroatoms. The van der Waals surface area contributed by atoms with Crippen LogP contribution in [0.15, 0.2) is 11.1 Å². The largest absolute Gasteiger partial charge is 0.393 e. The number of ketones is 1. The number of carbonyl (C=O) groups is 2. The Hall–Kier alpha value is -1.20. The monoisotopic (exact) mass is 552 g/mol. The first-order valence-corrected chi connectivity index (χ1v) is 16.7. The average Bonchev–Trinajstić information content (AvgIpc) is 3.47. The zero-order chi connectivity index (χ0) is 28.9. The van der Waals surface area contributed by atoms with Crippen LogP contribution in [0.4, 0.5) is 0 Å². The van der Waals surface area contributed by atoms with Gasteiger partial charge in [-0.15, -0.1) is 0 Å². The number of amides is 1. The highest BCUT2D eigenvalue weighted by atomic mass is 16.3. The minimum absolute atomic E-state index is 0.0430. The van der Waals surface area contributed by atoms with Gasteiger partial charge in [-0.05, 0) is 134 Å². The van der Waals surface area contributed by atoms with Crippen LogP contribution in [0.2, 0.25) is 0 Å². The Morgan fingerprint density at radius 3 is 2.30 bits per heavy atom. The zero-order valence-electron chi connectivity index (χ0n) is 26.5. The highest BCUT2D eigenvalue weighted by molar-refractivity contribution is 6.02. The van der Waals surface area contributed by atoms with Crippen molar-refractivity contribution in [2.75, 3.05) is 19.6 Å². The van der Waals surface area contributed by atoms with Crippen molar-refractivity contribution in [3.8, 4) is 0 Å². The first-order valence-electron chi connectivity index (χ1n) is 16.7. The second kappa shape index (κ2) is 9.40. The Balaban J connectivity index is 1.37. The van der Waals surface area contributed by atoms with Crippen molar-refractivity contribution in [2.45, 2.75) is 131 Å². The van der Waals surface area contributed by atoms with Gasteiger partial charge in [-0.25, -0.2) is 0 Å². The molecule has 1 saturated heterocycles. The molecule has 5 fully saturated rings. The lowest BCUT2D eigenvalue weighted by Crippen LogP contribution is -2.67. The third kappa shape index (κ3) is 3.84. The second-order valence-electron chi connectivity index (χ2n) is 16.7. The fourth-order valence-electron chi connectivity index (χ4n) is 12.2. The maximum atomic E-state index is 13.8. The summed E-state index contributed by atoms with van der Waals surface area (Å²) >= 11 is 0. The Bertz CT molecular complexity index is 1100. The Morgan fingerprint density at radius 2 is 1.62 bits per heavy atom. The van der Waals surface area contributed by atoms with Crippen molar-refractivity contribution < 1.29 is 14.7 Å². The Morgan fingerprint density at radius 1 is 0.925 bits per heavy atom. The number of aliphatic hydroxyl groups excluding tert-OH is 1. The third-order valence-electron chi connectivity index (χ3n) is 14.4. The summed E-state index contributed by atoms with van der Waals surface area (Å²) in [5, 5.41) is 14.6. The van der Waals surface area contributed by atoms with Crippen molar-refractivity contribution >= 4 is 11.7 Å². The van der Waals surface area contributed by atoms with Gasteiger partial charge in [0.25, 0.3) is 0 Å². The average molecular weight is 553 g/mol. The van der Waals surface area contributed by atoms with Gasteiger partial charge >= 0.3 is 0 Å². The van der Waals surface area contributed by atoms with Gasteiger partial charge in [0.2, 0.25) is 5.91 Å². The van der Waals surface area contributed by atoms with Gasteiger partial charge in [-0.3, -0.25) is 14.5 Å². The van der Waals surface area contributed by atoms with Crippen LogP contribution in [0.5, 0.6) is 0 Å². The van der Waals surface area contributed by atoms with E-state index in [9.17, 15) is 14.7 Å². The summed E-state index contributed by atoms with van der Waals surface area (Å²) in [5.41, 5.74) is 2.38. The van der Waals surface area contributed by atoms with Gasteiger partial charge in [0, 0.05) is 6.42 Å². The molecule has 5 unspecified atom stereocenters. The lowest BCUT2D eigenvalue weighted by Gasteiger charge is -2.72. The summed E-state index contributed by atoms with van der Waals surface area (Å²) in [6.07, 6.45) is 11.3. The lowest BCUT2D eigenvalue weighted by molar-refractivity contribution is -0.227. The number of likely N-dealkylation sites (tertiary alicyclic amines) is 1. The standard InChI is InChI=1S/C35H56N2O3/c1-22(2)29-24(38)20-35(36-28(40)21-37-18-8-9-19-37)17-16-33(6)23(30(29)35)10-11-26-32(5)14-13-27(39)31(3,4)25(32)12-15-34(26,33)7/h22-23,25-27,39H,8-21H2,1-7H3,(H,36,40)/t23?,25?,26?,27-,32?,33+,34?,35+/m0/s1. The fourth-order valence-corrected chi connectivity index (χ4v) is 12.2. The van der Waals surface area contributed by atoms with Crippen molar-refractivity contribution in [3.05, 3.63) is 11.1 Å². The van der Waals surface area contributed by atoms with E-state index in [4.69, 9.17) is 0 Å². The summed E-state index contributed by atoms with van der Waals surface area (Å²) < 4.78 is 0. The number of hydrogen-bond donors (Lipinski definition) is 2. The van der Waals surface area contributed by atoms with E-state index in [2.05, 4.69) is 58.7 Å². The number of carbonyl (C=O) groups excluding carboxylic acids is 2. The molecule has 4 saturated carbocycles. The SMILES string of the molecule is CC(C)C1=C2C3CCC4C5(C)CC[C@H](O)C(C)(C)C5CCC4(C)[C@]3(C)CC[C@@]2(NC(=O)CN2CCCC2)CC1=O.